The summed E-state index contributed by atoms with van der Waals surface area (Å²) in [6.45, 7) is 3.39. The molecule has 2 heterocycles. The molecule has 148 valence electrons. The normalized spacial score (nSPS) is 12.2. The number of H-pyrrole nitrogens is 1. The van der Waals surface area contributed by atoms with Gasteiger partial charge in [0.05, 0.1) is 29.5 Å². The summed E-state index contributed by atoms with van der Waals surface area (Å²) in [6, 6.07) is 18.7. The quantitative estimate of drug-likeness (QED) is 0.347. The van der Waals surface area contributed by atoms with Gasteiger partial charge in [-0.2, -0.15) is 5.10 Å². The molecule has 0 aliphatic heterocycles. The van der Waals surface area contributed by atoms with E-state index in [1.165, 1.54) is 5.56 Å². The maximum atomic E-state index is 9.08. The van der Waals surface area contributed by atoms with E-state index in [-0.39, 0.29) is 12.6 Å². The first-order valence-corrected chi connectivity index (χ1v) is 9.78. The predicted octanol–water partition coefficient (Wildman–Crippen LogP) is 3.67. The first-order valence-electron chi connectivity index (χ1n) is 9.78. The van der Waals surface area contributed by atoms with Crippen molar-refractivity contribution in [1.29, 1.82) is 0 Å². The SMILES string of the molecule is Cc1n[nH]c2ccc(-c3cncc(N[C@@H](CNCCO)c4ccccc4)c3)cc12. The van der Waals surface area contributed by atoms with E-state index in [1.807, 2.05) is 37.5 Å². The highest BCUT2D eigenvalue weighted by Crippen LogP contribution is 2.27. The molecule has 0 aliphatic carbocycles. The third-order valence-corrected chi connectivity index (χ3v) is 5.00. The molecule has 0 saturated carbocycles. The van der Waals surface area contributed by atoms with Crippen LogP contribution in [0, 0.1) is 6.92 Å². The maximum Gasteiger partial charge on any atom is 0.0670 e. The smallest absolute Gasteiger partial charge is 0.0670 e. The van der Waals surface area contributed by atoms with Crippen molar-refractivity contribution in [3.05, 3.63) is 78.2 Å². The van der Waals surface area contributed by atoms with E-state index >= 15 is 0 Å². The van der Waals surface area contributed by atoms with E-state index < -0.39 is 0 Å². The Morgan fingerprint density at radius 1 is 1.03 bits per heavy atom. The molecule has 0 amide bonds. The Kier molecular flexibility index (Phi) is 5.84. The van der Waals surface area contributed by atoms with Crippen LogP contribution in [0.2, 0.25) is 0 Å². The van der Waals surface area contributed by atoms with Crippen molar-refractivity contribution in [3.8, 4) is 11.1 Å². The number of benzene rings is 2. The van der Waals surface area contributed by atoms with Crippen LogP contribution in [0.5, 0.6) is 0 Å². The zero-order valence-corrected chi connectivity index (χ0v) is 16.4. The van der Waals surface area contributed by atoms with Crippen LogP contribution in [0.3, 0.4) is 0 Å². The van der Waals surface area contributed by atoms with Gasteiger partial charge in [-0.1, -0.05) is 36.4 Å². The van der Waals surface area contributed by atoms with Gasteiger partial charge in [0.15, 0.2) is 0 Å². The molecule has 0 unspecified atom stereocenters. The van der Waals surface area contributed by atoms with Crippen molar-refractivity contribution >= 4 is 16.6 Å². The van der Waals surface area contributed by atoms with Crippen molar-refractivity contribution in [2.75, 3.05) is 25.0 Å². The first-order chi connectivity index (χ1) is 14.2. The third-order valence-electron chi connectivity index (χ3n) is 5.00. The van der Waals surface area contributed by atoms with Crippen LogP contribution in [-0.4, -0.2) is 40.0 Å². The highest BCUT2D eigenvalue weighted by atomic mass is 16.3. The highest BCUT2D eigenvalue weighted by molar-refractivity contribution is 5.86. The van der Waals surface area contributed by atoms with E-state index in [1.54, 1.807) is 0 Å². The largest absolute Gasteiger partial charge is 0.395 e. The molecule has 2 aromatic heterocycles. The molecule has 0 bridgehead atoms. The van der Waals surface area contributed by atoms with Crippen LogP contribution in [0.1, 0.15) is 17.3 Å². The van der Waals surface area contributed by atoms with Crippen molar-refractivity contribution in [2.24, 2.45) is 0 Å². The average molecular weight is 387 g/mol. The Hall–Kier alpha value is -3.22. The number of aliphatic hydroxyl groups excluding tert-OH is 1. The third kappa shape index (κ3) is 4.45. The molecule has 0 spiro atoms. The first kappa shape index (κ1) is 19.1. The second kappa shape index (κ2) is 8.86. The van der Waals surface area contributed by atoms with Gasteiger partial charge in [-0.25, -0.2) is 0 Å². The summed E-state index contributed by atoms with van der Waals surface area (Å²) in [6.07, 6.45) is 3.72. The van der Waals surface area contributed by atoms with Crippen LogP contribution in [0.4, 0.5) is 5.69 Å². The number of nitrogens with zero attached hydrogens (tertiary/aromatic N) is 2. The van der Waals surface area contributed by atoms with Gasteiger partial charge in [0, 0.05) is 36.4 Å². The van der Waals surface area contributed by atoms with E-state index in [9.17, 15) is 0 Å². The number of aromatic amines is 1. The number of hydrogen-bond acceptors (Lipinski definition) is 5. The molecule has 6 nitrogen and oxygen atoms in total. The topological polar surface area (TPSA) is 85.9 Å². The molecule has 4 rings (SSSR count). The molecule has 0 fully saturated rings. The molecule has 4 N–H and O–H groups in total. The van der Waals surface area contributed by atoms with Gasteiger partial charge < -0.3 is 15.7 Å². The standard InChI is InChI=1S/C23H25N5O/c1-16-21-12-18(7-8-22(21)28-27-16)19-11-20(14-25-13-19)26-23(15-24-9-10-29)17-5-3-2-4-6-17/h2-8,11-14,23-24,26,29H,9-10,15H2,1H3,(H,27,28)/t23-/m0/s1. The minimum absolute atomic E-state index is 0.0680. The lowest BCUT2D eigenvalue weighted by molar-refractivity contribution is 0.291. The fraction of sp³-hybridized carbons (Fsp3) is 0.217. The van der Waals surface area contributed by atoms with Crippen LogP contribution >= 0.6 is 0 Å². The number of fused-ring (bicyclic) bond motifs is 1. The monoisotopic (exact) mass is 387 g/mol. The van der Waals surface area contributed by atoms with E-state index in [0.29, 0.717) is 13.1 Å². The number of anilines is 1. The summed E-state index contributed by atoms with van der Waals surface area (Å²) in [4.78, 5) is 4.45. The van der Waals surface area contributed by atoms with Crippen molar-refractivity contribution < 1.29 is 5.11 Å². The Balaban J connectivity index is 1.59. The van der Waals surface area contributed by atoms with Gasteiger partial charge in [0.1, 0.15) is 0 Å². The van der Waals surface area contributed by atoms with Crippen molar-refractivity contribution in [2.45, 2.75) is 13.0 Å². The predicted molar refractivity (Wildman–Crippen MR) is 117 cm³/mol. The molecule has 0 radical (unpaired) electrons. The number of aryl methyl sites for hydroxylation is 1. The molecular weight excluding hydrogens is 362 g/mol. The number of hydrogen-bond donors (Lipinski definition) is 4. The lowest BCUT2D eigenvalue weighted by Gasteiger charge is -2.21. The summed E-state index contributed by atoms with van der Waals surface area (Å²) < 4.78 is 0. The van der Waals surface area contributed by atoms with Gasteiger partial charge in [0.2, 0.25) is 0 Å². The zero-order valence-electron chi connectivity index (χ0n) is 16.4. The minimum atomic E-state index is 0.0680. The maximum absolute atomic E-state index is 9.08. The molecule has 0 aliphatic rings. The molecule has 1 atom stereocenters. The van der Waals surface area contributed by atoms with E-state index in [2.05, 4.69) is 62.2 Å². The van der Waals surface area contributed by atoms with Gasteiger partial charge in [-0.3, -0.25) is 10.1 Å². The number of rotatable bonds is 8. The lowest BCUT2D eigenvalue weighted by Crippen LogP contribution is -2.28. The van der Waals surface area contributed by atoms with Crippen molar-refractivity contribution in [1.82, 2.24) is 20.5 Å². The second-order valence-corrected chi connectivity index (χ2v) is 7.07. The van der Waals surface area contributed by atoms with Gasteiger partial charge >= 0.3 is 0 Å². The van der Waals surface area contributed by atoms with Crippen LogP contribution < -0.4 is 10.6 Å². The average Bonchev–Trinajstić information content (AvgIpc) is 3.14. The van der Waals surface area contributed by atoms with Crippen LogP contribution in [0.15, 0.2) is 67.0 Å². The molecule has 0 saturated heterocycles. The van der Waals surface area contributed by atoms with Gasteiger partial charge in [-0.05, 0) is 36.2 Å². The molecule has 6 heteroatoms. The van der Waals surface area contributed by atoms with E-state index in [4.69, 9.17) is 5.11 Å². The lowest BCUT2D eigenvalue weighted by atomic mass is 10.0. The fourth-order valence-corrected chi connectivity index (χ4v) is 3.47. The molecule has 29 heavy (non-hydrogen) atoms. The van der Waals surface area contributed by atoms with Crippen molar-refractivity contribution in [3.63, 3.8) is 0 Å². The van der Waals surface area contributed by atoms with Gasteiger partial charge in [0.25, 0.3) is 0 Å². The van der Waals surface area contributed by atoms with Gasteiger partial charge in [-0.15, -0.1) is 0 Å². The Bertz CT molecular complexity index is 1080. The van der Waals surface area contributed by atoms with Crippen LogP contribution in [0.25, 0.3) is 22.0 Å². The number of aromatic nitrogens is 3. The number of aliphatic hydroxyl groups is 1. The highest BCUT2D eigenvalue weighted by Gasteiger charge is 2.12. The Morgan fingerprint density at radius 2 is 1.90 bits per heavy atom. The number of pyridine rings is 1. The van der Waals surface area contributed by atoms with E-state index in [0.717, 1.165) is 33.4 Å². The fourth-order valence-electron chi connectivity index (χ4n) is 3.47. The summed E-state index contributed by atoms with van der Waals surface area (Å²) in [5.74, 6) is 0. The summed E-state index contributed by atoms with van der Waals surface area (Å²) in [5, 5.41) is 24.4. The molecular formula is C23H25N5O. The summed E-state index contributed by atoms with van der Waals surface area (Å²) in [7, 11) is 0. The molecule has 2 aromatic carbocycles. The summed E-state index contributed by atoms with van der Waals surface area (Å²) >= 11 is 0. The second-order valence-electron chi connectivity index (χ2n) is 7.07. The molecule has 4 aromatic rings. The number of nitrogens with one attached hydrogen (secondary N) is 3. The Labute approximate surface area is 170 Å². The minimum Gasteiger partial charge on any atom is -0.395 e. The van der Waals surface area contributed by atoms with Crippen LogP contribution in [-0.2, 0) is 0 Å². The Morgan fingerprint density at radius 3 is 2.72 bits per heavy atom. The zero-order chi connectivity index (χ0) is 20.1. The summed E-state index contributed by atoms with van der Waals surface area (Å²) in [5.41, 5.74) is 6.31.